The first-order valence-electron chi connectivity index (χ1n) is 5.80. The molecule has 2 aromatic carbocycles. The van der Waals surface area contributed by atoms with Crippen molar-refractivity contribution in [3.63, 3.8) is 0 Å². The van der Waals surface area contributed by atoms with Crippen LogP contribution in [0.3, 0.4) is 0 Å². The van der Waals surface area contributed by atoms with Gasteiger partial charge in [0.15, 0.2) is 0 Å². The van der Waals surface area contributed by atoms with Crippen LogP contribution in [0.5, 0.6) is 0 Å². The molecule has 0 aliphatic heterocycles. The summed E-state index contributed by atoms with van der Waals surface area (Å²) in [6.45, 7) is -0.147. The van der Waals surface area contributed by atoms with E-state index in [0.29, 0.717) is 10.2 Å². The average Bonchev–Trinajstić information content (AvgIpc) is 2.40. The Kier molecular flexibility index (Phi) is 4.88. The van der Waals surface area contributed by atoms with Crippen LogP contribution in [-0.4, -0.2) is 8.42 Å². The van der Waals surface area contributed by atoms with Crippen molar-refractivity contribution in [2.45, 2.75) is 11.4 Å². The van der Waals surface area contributed by atoms with Gasteiger partial charge in [-0.2, -0.15) is 0 Å². The molecule has 0 aliphatic carbocycles. The molecule has 112 valence electrons. The van der Waals surface area contributed by atoms with Crippen LogP contribution in [0.2, 0.25) is 5.02 Å². The van der Waals surface area contributed by atoms with E-state index in [-0.39, 0.29) is 17.1 Å². The highest BCUT2D eigenvalue weighted by Crippen LogP contribution is 2.26. The molecule has 0 aromatic heterocycles. The number of sulfonamides is 1. The predicted molar refractivity (Wildman–Crippen MR) is 84.3 cm³/mol. The predicted octanol–water partition coefficient (Wildman–Crippen LogP) is 3.50. The largest absolute Gasteiger partial charge is 0.326 e. The minimum absolute atomic E-state index is 0.0390. The summed E-state index contributed by atoms with van der Waals surface area (Å²) >= 11 is 9.04. The Morgan fingerprint density at radius 1 is 1.29 bits per heavy atom. The van der Waals surface area contributed by atoms with E-state index in [1.165, 1.54) is 6.07 Å². The Bertz CT molecular complexity index is 784. The van der Waals surface area contributed by atoms with E-state index in [1.54, 1.807) is 24.3 Å². The molecule has 2 rings (SSSR count). The molecule has 4 nitrogen and oxygen atoms in total. The van der Waals surface area contributed by atoms with Crippen molar-refractivity contribution in [2.75, 3.05) is 4.72 Å². The fourth-order valence-electron chi connectivity index (χ4n) is 1.72. The zero-order valence-electron chi connectivity index (χ0n) is 10.6. The summed E-state index contributed by atoms with van der Waals surface area (Å²) in [4.78, 5) is -0.532. The number of anilines is 1. The molecule has 3 N–H and O–H groups in total. The summed E-state index contributed by atoms with van der Waals surface area (Å²) in [6, 6.07) is 8.86. The molecule has 0 unspecified atom stereocenters. The molecular formula is C13H11BrClFN2O2S. The summed E-state index contributed by atoms with van der Waals surface area (Å²) in [5.74, 6) is -0.899. The molecule has 0 aliphatic rings. The fourth-order valence-corrected chi connectivity index (χ4v) is 3.63. The van der Waals surface area contributed by atoms with Crippen LogP contribution in [0, 0.1) is 5.82 Å². The molecule has 0 fully saturated rings. The second kappa shape index (κ2) is 6.31. The number of hydrogen-bond acceptors (Lipinski definition) is 3. The van der Waals surface area contributed by atoms with Crippen molar-refractivity contribution in [2.24, 2.45) is 5.73 Å². The van der Waals surface area contributed by atoms with E-state index in [0.717, 1.165) is 6.07 Å². The Morgan fingerprint density at radius 2 is 2.00 bits per heavy atom. The van der Waals surface area contributed by atoms with Gasteiger partial charge in [0.1, 0.15) is 10.7 Å². The Hall–Kier alpha value is -1.15. The van der Waals surface area contributed by atoms with Crippen molar-refractivity contribution in [3.05, 3.63) is 57.3 Å². The molecule has 0 saturated heterocycles. The van der Waals surface area contributed by atoms with Gasteiger partial charge in [-0.3, -0.25) is 4.72 Å². The number of halogens is 3. The quantitative estimate of drug-likeness (QED) is 0.835. The normalized spacial score (nSPS) is 11.4. The maximum atomic E-state index is 14.2. The fraction of sp³-hybridized carbons (Fsp3) is 0.0769. The summed E-state index contributed by atoms with van der Waals surface area (Å²) in [6.07, 6.45) is 0. The minimum atomic E-state index is -4.10. The molecule has 0 amide bonds. The summed E-state index contributed by atoms with van der Waals surface area (Å²) in [5.41, 5.74) is 5.73. The smallest absolute Gasteiger partial charge is 0.264 e. The van der Waals surface area contributed by atoms with Crippen molar-refractivity contribution < 1.29 is 12.8 Å². The van der Waals surface area contributed by atoms with Crippen LogP contribution in [0.25, 0.3) is 0 Å². The van der Waals surface area contributed by atoms with Crippen molar-refractivity contribution in [3.8, 4) is 0 Å². The third-order valence-electron chi connectivity index (χ3n) is 2.67. The summed E-state index contributed by atoms with van der Waals surface area (Å²) in [7, 11) is -4.10. The van der Waals surface area contributed by atoms with Gasteiger partial charge in [-0.15, -0.1) is 0 Å². The van der Waals surface area contributed by atoms with Crippen LogP contribution >= 0.6 is 27.5 Å². The highest BCUT2D eigenvalue weighted by atomic mass is 79.9. The monoisotopic (exact) mass is 392 g/mol. The second-order valence-electron chi connectivity index (χ2n) is 4.20. The minimum Gasteiger partial charge on any atom is -0.326 e. The van der Waals surface area contributed by atoms with Gasteiger partial charge in [0.25, 0.3) is 10.0 Å². The lowest BCUT2D eigenvalue weighted by atomic mass is 10.2. The number of rotatable bonds is 4. The van der Waals surface area contributed by atoms with Gasteiger partial charge >= 0.3 is 0 Å². The molecule has 0 saturated carbocycles. The third-order valence-corrected chi connectivity index (χ3v) is 4.76. The van der Waals surface area contributed by atoms with Crippen LogP contribution in [0.15, 0.2) is 45.8 Å². The Labute approximate surface area is 135 Å². The maximum Gasteiger partial charge on any atom is 0.264 e. The first-order valence-corrected chi connectivity index (χ1v) is 8.45. The van der Waals surface area contributed by atoms with Gasteiger partial charge in [-0.1, -0.05) is 33.6 Å². The SMILES string of the molecule is NCc1cc(Cl)cc(S(=O)(=O)Nc2cccc(Br)c2)c1F. The highest BCUT2D eigenvalue weighted by Gasteiger charge is 2.22. The van der Waals surface area contributed by atoms with Crippen LogP contribution in [0.1, 0.15) is 5.56 Å². The van der Waals surface area contributed by atoms with Crippen LogP contribution in [0.4, 0.5) is 10.1 Å². The molecular weight excluding hydrogens is 383 g/mol. The van der Waals surface area contributed by atoms with Gasteiger partial charge in [-0.05, 0) is 30.3 Å². The Morgan fingerprint density at radius 3 is 2.62 bits per heavy atom. The lowest BCUT2D eigenvalue weighted by Gasteiger charge is -2.11. The first-order chi connectivity index (χ1) is 9.83. The van der Waals surface area contributed by atoms with Crippen LogP contribution in [-0.2, 0) is 16.6 Å². The zero-order chi connectivity index (χ0) is 15.6. The molecule has 2 aromatic rings. The molecule has 0 radical (unpaired) electrons. The molecule has 8 heteroatoms. The molecule has 0 atom stereocenters. The zero-order valence-corrected chi connectivity index (χ0v) is 13.8. The first kappa shape index (κ1) is 16.2. The van der Waals surface area contributed by atoms with E-state index in [1.807, 2.05) is 0 Å². The van der Waals surface area contributed by atoms with Crippen molar-refractivity contribution >= 4 is 43.2 Å². The van der Waals surface area contributed by atoms with E-state index < -0.39 is 20.7 Å². The van der Waals surface area contributed by atoms with E-state index in [2.05, 4.69) is 20.7 Å². The van der Waals surface area contributed by atoms with Gasteiger partial charge < -0.3 is 5.73 Å². The topological polar surface area (TPSA) is 72.2 Å². The molecule has 0 bridgehead atoms. The standard InChI is InChI=1S/C13H11BrClFN2O2S/c14-9-2-1-3-11(5-9)18-21(19,20)12-6-10(15)4-8(7-17)13(12)16/h1-6,18H,7,17H2. The van der Waals surface area contributed by atoms with E-state index >= 15 is 0 Å². The number of benzene rings is 2. The number of hydrogen-bond donors (Lipinski definition) is 2. The van der Waals surface area contributed by atoms with Gasteiger partial charge in [0.05, 0.1) is 0 Å². The van der Waals surface area contributed by atoms with Gasteiger partial charge in [0.2, 0.25) is 0 Å². The summed E-state index contributed by atoms with van der Waals surface area (Å²) < 4.78 is 41.7. The lowest BCUT2D eigenvalue weighted by Crippen LogP contribution is -2.16. The molecule has 21 heavy (non-hydrogen) atoms. The van der Waals surface area contributed by atoms with Crippen molar-refractivity contribution in [1.29, 1.82) is 0 Å². The summed E-state index contributed by atoms with van der Waals surface area (Å²) in [5, 5.41) is 0.103. The third kappa shape index (κ3) is 3.74. The van der Waals surface area contributed by atoms with Crippen molar-refractivity contribution in [1.82, 2.24) is 0 Å². The van der Waals surface area contributed by atoms with Gasteiger partial charge in [0, 0.05) is 27.3 Å². The van der Waals surface area contributed by atoms with E-state index in [4.69, 9.17) is 17.3 Å². The van der Waals surface area contributed by atoms with Gasteiger partial charge in [-0.25, -0.2) is 12.8 Å². The second-order valence-corrected chi connectivity index (χ2v) is 7.20. The molecule has 0 spiro atoms. The number of nitrogens with one attached hydrogen (secondary N) is 1. The maximum absolute atomic E-state index is 14.2. The highest BCUT2D eigenvalue weighted by molar-refractivity contribution is 9.10. The van der Waals surface area contributed by atoms with Crippen LogP contribution < -0.4 is 10.5 Å². The lowest BCUT2D eigenvalue weighted by molar-refractivity contribution is 0.561. The number of nitrogens with two attached hydrogens (primary N) is 1. The average molecular weight is 394 g/mol. The van der Waals surface area contributed by atoms with E-state index in [9.17, 15) is 12.8 Å². The molecule has 0 heterocycles. The Balaban J connectivity index is 2.47.